The molecule has 1 unspecified atom stereocenters. The molecule has 1 aromatic rings. The van der Waals surface area contributed by atoms with Gasteiger partial charge in [0.15, 0.2) is 6.10 Å². The monoisotopic (exact) mass is 269 g/mol. The summed E-state index contributed by atoms with van der Waals surface area (Å²) in [6, 6.07) is 2.14. The highest BCUT2D eigenvalue weighted by atomic mass is 32.1. The van der Waals surface area contributed by atoms with Crippen LogP contribution in [0.15, 0.2) is 16.8 Å². The molecule has 1 aliphatic rings. The fourth-order valence-corrected chi connectivity index (χ4v) is 3.04. The molecule has 0 spiro atoms. The Hall–Kier alpha value is -0.910. The van der Waals surface area contributed by atoms with Gasteiger partial charge in [0.05, 0.1) is 7.11 Å². The Kier molecular flexibility index (Phi) is 4.74. The van der Waals surface area contributed by atoms with Crippen LogP contribution in [0.25, 0.3) is 0 Å². The van der Waals surface area contributed by atoms with E-state index in [1.807, 2.05) is 0 Å². The number of hydrogen-bond donors (Lipinski definition) is 1. The van der Waals surface area contributed by atoms with E-state index in [9.17, 15) is 9.90 Å². The van der Waals surface area contributed by atoms with Crippen LogP contribution in [0.1, 0.15) is 18.4 Å². The second kappa shape index (κ2) is 6.31. The Morgan fingerprint density at radius 3 is 2.89 bits per heavy atom. The van der Waals surface area contributed by atoms with Crippen molar-refractivity contribution in [3.63, 3.8) is 0 Å². The van der Waals surface area contributed by atoms with Crippen molar-refractivity contribution in [1.29, 1.82) is 0 Å². The Bertz CT molecular complexity index is 372. The fraction of sp³-hybridized carbons (Fsp3) is 0.615. The van der Waals surface area contributed by atoms with Crippen molar-refractivity contribution in [3.05, 3.63) is 22.4 Å². The number of likely N-dealkylation sites (tertiary alicyclic amines) is 1. The summed E-state index contributed by atoms with van der Waals surface area (Å²) in [5.41, 5.74) is 1.34. The summed E-state index contributed by atoms with van der Waals surface area (Å²) >= 11 is 1.71. The summed E-state index contributed by atoms with van der Waals surface area (Å²) in [6.07, 6.45) is 0.735. The molecule has 4 nitrogen and oxygen atoms in total. The van der Waals surface area contributed by atoms with Gasteiger partial charge >= 0.3 is 5.97 Å². The first-order valence-electron chi connectivity index (χ1n) is 6.20. The van der Waals surface area contributed by atoms with Gasteiger partial charge in [-0.3, -0.25) is 4.90 Å². The summed E-state index contributed by atoms with van der Waals surface area (Å²) in [6.45, 7) is 2.81. The molecule has 100 valence electrons. The van der Waals surface area contributed by atoms with Crippen LogP contribution in [0, 0.1) is 5.92 Å². The molecule has 1 aromatic heterocycles. The van der Waals surface area contributed by atoms with Gasteiger partial charge in [-0.2, -0.15) is 11.3 Å². The number of piperidine rings is 1. The Balaban J connectivity index is 1.79. The van der Waals surface area contributed by atoms with E-state index in [0.29, 0.717) is 0 Å². The maximum absolute atomic E-state index is 11.3. The van der Waals surface area contributed by atoms with E-state index < -0.39 is 12.1 Å². The zero-order valence-electron chi connectivity index (χ0n) is 10.5. The molecule has 0 radical (unpaired) electrons. The lowest BCUT2D eigenvalue weighted by Crippen LogP contribution is -2.40. The third-order valence-electron chi connectivity index (χ3n) is 3.51. The van der Waals surface area contributed by atoms with E-state index in [-0.39, 0.29) is 5.92 Å². The number of rotatable bonds is 4. The minimum Gasteiger partial charge on any atom is -0.467 e. The van der Waals surface area contributed by atoms with Crippen molar-refractivity contribution in [2.45, 2.75) is 25.5 Å². The van der Waals surface area contributed by atoms with Crippen molar-refractivity contribution in [2.75, 3.05) is 20.2 Å². The normalized spacial score (nSPS) is 19.7. The molecule has 1 fully saturated rings. The standard InChI is InChI=1S/C13H19NO3S/c1-17-13(16)12(15)11-2-5-14(6-3-11)8-10-4-7-18-9-10/h4,7,9,11-12,15H,2-3,5-6,8H2,1H3. The maximum atomic E-state index is 11.3. The van der Waals surface area contributed by atoms with Crippen LogP contribution in [0.4, 0.5) is 0 Å². The van der Waals surface area contributed by atoms with Crippen molar-refractivity contribution < 1.29 is 14.6 Å². The summed E-state index contributed by atoms with van der Waals surface area (Å²) < 4.78 is 4.58. The van der Waals surface area contributed by atoms with Gasteiger partial charge in [-0.1, -0.05) is 0 Å². The van der Waals surface area contributed by atoms with Gasteiger partial charge in [-0.15, -0.1) is 0 Å². The molecule has 1 saturated heterocycles. The van der Waals surface area contributed by atoms with Crippen LogP contribution in [-0.2, 0) is 16.1 Å². The molecule has 0 bridgehead atoms. The molecule has 1 atom stereocenters. The molecule has 0 saturated carbocycles. The molecule has 5 heteroatoms. The van der Waals surface area contributed by atoms with Crippen LogP contribution >= 0.6 is 11.3 Å². The lowest BCUT2D eigenvalue weighted by molar-refractivity contribution is -0.154. The molecule has 2 heterocycles. The Labute approximate surface area is 111 Å². The smallest absolute Gasteiger partial charge is 0.334 e. The topological polar surface area (TPSA) is 49.8 Å². The number of esters is 1. The predicted octanol–water partition coefficient (Wildman–Crippen LogP) is 1.49. The van der Waals surface area contributed by atoms with E-state index in [0.717, 1.165) is 32.5 Å². The number of aliphatic hydroxyl groups excluding tert-OH is 1. The molecule has 1 N–H and O–H groups in total. The molecule has 2 rings (SSSR count). The number of nitrogens with zero attached hydrogens (tertiary/aromatic N) is 1. The minimum atomic E-state index is -0.960. The van der Waals surface area contributed by atoms with E-state index in [1.54, 1.807) is 11.3 Å². The number of ether oxygens (including phenoxy) is 1. The number of carbonyl (C=O) groups excluding carboxylic acids is 1. The quantitative estimate of drug-likeness (QED) is 0.842. The fourth-order valence-electron chi connectivity index (χ4n) is 2.38. The number of hydrogen-bond acceptors (Lipinski definition) is 5. The van der Waals surface area contributed by atoms with Gasteiger partial charge in [0.25, 0.3) is 0 Å². The van der Waals surface area contributed by atoms with Crippen molar-refractivity contribution >= 4 is 17.3 Å². The SMILES string of the molecule is COC(=O)C(O)C1CCN(Cc2ccsc2)CC1. The van der Waals surface area contributed by atoms with Gasteiger partial charge in [0.2, 0.25) is 0 Å². The van der Waals surface area contributed by atoms with E-state index in [4.69, 9.17) is 0 Å². The van der Waals surface area contributed by atoms with Crippen molar-refractivity contribution in [1.82, 2.24) is 4.90 Å². The zero-order chi connectivity index (χ0) is 13.0. The first-order valence-corrected chi connectivity index (χ1v) is 7.14. The van der Waals surface area contributed by atoms with Crippen LogP contribution in [0.5, 0.6) is 0 Å². The second-order valence-corrected chi connectivity index (χ2v) is 5.49. The summed E-state index contributed by atoms with van der Waals surface area (Å²) in [5.74, 6) is -0.470. The predicted molar refractivity (Wildman–Crippen MR) is 70.3 cm³/mol. The van der Waals surface area contributed by atoms with Crippen molar-refractivity contribution in [3.8, 4) is 0 Å². The Morgan fingerprint density at radius 1 is 1.61 bits per heavy atom. The molecule has 0 aromatic carbocycles. The highest BCUT2D eigenvalue weighted by molar-refractivity contribution is 7.07. The number of carbonyl (C=O) groups is 1. The molecule has 0 amide bonds. The van der Waals surface area contributed by atoms with Gasteiger partial charge in [-0.25, -0.2) is 4.79 Å². The van der Waals surface area contributed by atoms with E-state index in [2.05, 4.69) is 26.5 Å². The highest BCUT2D eigenvalue weighted by Gasteiger charge is 2.30. The lowest BCUT2D eigenvalue weighted by atomic mass is 9.91. The summed E-state index contributed by atoms with van der Waals surface area (Å²) in [5, 5.41) is 14.0. The zero-order valence-corrected chi connectivity index (χ0v) is 11.4. The van der Waals surface area contributed by atoms with Crippen LogP contribution < -0.4 is 0 Å². The van der Waals surface area contributed by atoms with Crippen LogP contribution in [-0.4, -0.2) is 42.3 Å². The summed E-state index contributed by atoms with van der Waals surface area (Å²) in [4.78, 5) is 13.6. The Morgan fingerprint density at radius 2 is 2.33 bits per heavy atom. The van der Waals surface area contributed by atoms with E-state index in [1.165, 1.54) is 12.7 Å². The highest BCUT2D eigenvalue weighted by Crippen LogP contribution is 2.23. The maximum Gasteiger partial charge on any atom is 0.334 e. The lowest BCUT2D eigenvalue weighted by Gasteiger charge is -2.33. The largest absolute Gasteiger partial charge is 0.467 e. The third-order valence-corrected chi connectivity index (χ3v) is 4.24. The molecular weight excluding hydrogens is 250 g/mol. The molecule has 18 heavy (non-hydrogen) atoms. The number of aliphatic hydroxyl groups is 1. The molecule has 1 aliphatic heterocycles. The van der Waals surface area contributed by atoms with Gasteiger partial charge in [-0.05, 0) is 54.2 Å². The van der Waals surface area contributed by atoms with Gasteiger partial charge in [0.1, 0.15) is 0 Å². The number of thiophene rings is 1. The average Bonchev–Trinajstić information content (AvgIpc) is 2.91. The van der Waals surface area contributed by atoms with Gasteiger partial charge in [0, 0.05) is 6.54 Å². The summed E-state index contributed by atoms with van der Waals surface area (Å²) in [7, 11) is 1.32. The van der Waals surface area contributed by atoms with Crippen LogP contribution in [0.2, 0.25) is 0 Å². The third kappa shape index (κ3) is 3.31. The van der Waals surface area contributed by atoms with E-state index >= 15 is 0 Å². The van der Waals surface area contributed by atoms with Gasteiger partial charge < -0.3 is 9.84 Å². The van der Waals surface area contributed by atoms with Crippen LogP contribution in [0.3, 0.4) is 0 Å². The molecular formula is C13H19NO3S. The average molecular weight is 269 g/mol. The first-order chi connectivity index (χ1) is 8.70. The minimum absolute atomic E-state index is 0.0381. The first kappa shape index (κ1) is 13.5. The van der Waals surface area contributed by atoms with Crippen molar-refractivity contribution in [2.24, 2.45) is 5.92 Å². The number of methoxy groups -OCH3 is 1. The molecule has 0 aliphatic carbocycles. The second-order valence-electron chi connectivity index (χ2n) is 4.71.